The van der Waals surface area contributed by atoms with Gasteiger partial charge in [0.05, 0.1) is 13.2 Å². The molecule has 0 aliphatic rings. The number of ether oxygens (including phenoxy) is 1. The van der Waals surface area contributed by atoms with Gasteiger partial charge in [-0.25, -0.2) is 0 Å². The van der Waals surface area contributed by atoms with Crippen molar-refractivity contribution in [3.8, 4) is 0 Å². The van der Waals surface area contributed by atoms with E-state index < -0.39 is 17.1 Å². The maximum absolute atomic E-state index is 11.3. The highest BCUT2D eigenvalue weighted by molar-refractivity contribution is 7.98. The lowest BCUT2D eigenvalue weighted by Gasteiger charge is -2.10. The summed E-state index contributed by atoms with van der Waals surface area (Å²) in [7, 11) is 0. The molecule has 17 heavy (non-hydrogen) atoms. The predicted octanol–water partition coefficient (Wildman–Crippen LogP) is 0.599. The van der Waals surface area contributed by atoms with E-state index in [4.69, 9.17) is 10.5 Å². The number of nitrogens with zero attached hydrogens (tertiary/aromatic N) is 1. The van der Waals surface area contributed by atoms with Gasteiger partial charge < -0.3 is 15.3 Å². The normalized spacial score (nSPS) is 11.9. The maximum Gasteiger partial charge on any atom is 0.322 e. The van der Waals surface area contributed by atoms with Crippen LogP contribution in [0.2, 0.25) is 0 Å². The monoisotopic (exact) mass is 266 g/mol. The zero-order valence-electron chi connectivity index (χ0n) is 9.79. The molecule has 7 nitrogen and oxygen atoms in total. The second-order valence-electron chi connectivity index (χ2n) is 3.32. The first-order chi connectivity index (χ1) is 8.07. The third kappa shape index (κ3) is 9.88. The molecule has 0 aliphatic heterocycles. The van der Waals surface area contributed by atoms with Crippen LogP contribution in [0.15, 0.2) is 0 Å². The third-order valence-electron chi connectivity index (χ3n) is 1.92. The Morgan fingerprint density at radius 1 is 1.47 bits per heavy atom. The zero-order chi connectivity index (χ0) is 13.1. The molecule has 0 rings (SSSR count). The Morgan fingerprint density at radius 3 is 2.71 bits per heavy atom. The summed E-state index contributed by atoms with van der Waals surface area (Å²) in [5.74, 6) is 0.390. The molecule has 0 saturated heterocycles. The van der Waals surface area contributed by atoms with E-state index in [0.29, 0.717) is 19.3 Å². The smallest absolute Gasteiger partial charge is 0.322 e. The molecule has 1 atom stereocenters. The van der Waals surface area contributed by atoms with Crippen LogP contribution in [-0.2, 0) is 14.4 Å². The summed E-state index contributed by atoms with van der Waals surface area (Å²) in [6.07, 6.45) is 3.51. The van der Waals surface area contributed by atoms with Crippen LogP contribution in [0.4, 0.5) is 0 Å². The third-order valence-corrected chi connectivity index (χ3v) is 2.56. The van der Waals surface area contributed by atoms with Crippen molar-refractivity contribution in [1.82, 2.24) is 0 Å². The van der Waals surface area contributed by atoms with Crippen molar-refractivity contribution in [3.05, 3.63) is 10.1 Å². The van der Waals surface area contributed by atoms with Crippen LogP contribution in [-0.4, -0.2) is 42.3 Å². The van der Waals surface area contributed by atoms with Gasteiger partial charge in [0.25, 0.3) is 5.09 Å². The molecule has 0 spiro atoms. The van der Waals surface area contributed by atoms with Crippen LogP contribution < -0.4 is 5.73 Å². The van der Waals surface area contributed by atoms with E-state index in [-0.39, 0.29) is 13.2 Å². The van der Waals surface area contributed by atoms with E-state index in [9.17, 15) is 14.9 Å². The molecule has 0 aromatic carbocycles. The summed E-state index contributed by atoms with van der Waals surface area (Å²) >= 11 is 1.62. The molecule has 8 heteroatoms. The molecule has 2 N–H and O–H groups in total. The van der Waals surface area contributed by atoms with Crippen LogP contribution in [0.3, 0.4) is 0 Å². The summed E-state index contributed by atoms with van der Waals surface area (Å²) in [6, 6.07) is -0.586. The van der Waals surface area contributed by atoms with Gasteiger partial charge >= 0.3 is 5.97 Å². The average Bonchev–Trinajstić information content (AvgIpc) is 2.29. The van der Waals surface area contributed by atoms with Crippen LogP contribution >= 0.6 is 11.8 Å². The van der Waals surface area contributed by atoms with E-state index in [1.807, 2.05) is 6.26 Å². The highest BCUT2D eigenvalue weighted by atomic mass is 32.2. The fraction of sp³-hybridized carbons (Fsp3) is 0.889. The second kappa shape index (κ2) is 10.2. The molecular weight excluding hydrogens is 248 g/mol. The van der Waals surface area contributed by atoms with Crippen molar-refractivity contribution in [3.63, 3.8) is 0 Å². The maximum atomic E-state index is 11.3. The summed E-state index contributed by atoms with van der Waals surface area (Å²) in [4.78, 5) is 25.2. The zero-order valence-corrected chi connectivity index (χ0v) is 10.6. The van der Waals surface area contributed by atoms with E-state index in [1.54, 1.807) is 11.8 Å². The van der Waals surface area contributed by atoms with Gasteiger partial charge in [-0.2, -0.15) is 11.8 Å². The van der Waals surface area contributed by atoms with Crippen molar-refractivity contribution < 1.29 is 19.5 Å². The number of esters is 1. The van der Waals surface area contributed by atoms with E-state index in [0.717, 1.165) is 5.75 Å². The van der Waals surface area contributed by atoms with Crippen molar-refractivity contribution in [2.24, 2.45) is 5.73 Å². The topological polar surface area (TPSA) is 105 Å². The number of rotatable bonds is 10. The minimum atomic E-state index is -0.843. The fourth-order valence-electron chi connectivity index (χ4n) is 0.986. The molecular formula is C9H18N2O5S. The summed E-state index contributed by atoms with van der Waals surface area (Å²) in [5, 5.41) is 8.97. The number of carbonyl (C=O) groups is 1. The van der Waals surface area contributed by atoms with E-state index in [2.05, 4.69) is 4.84 Å². The SMILES string of the molecule is CSCCC(N)C(=O)OCCCCO[N+](=O)[O-]. The highest BCUT2D eigenvalue weighted by Crippen LogP contribution is 2.01. The van der Waals surface area contributed by atoms with Gasteiger partial charge in [-0.1, -0.05) is 0 Å². The lowest BCUT2D eigenvalue weighted by molar-refractivity contribution is -0.757. The first-order valence-electron chi connectivity index (χ1n) is 5.26. The van der Waals surface area contributed by atoms with Crippen LogP contribution in [0.25, 0.3) is 0 Å². The Labute approximate surface area is 104 Å². The Hall–Kier alpha value is -1.02. The van der Waals surface area contributed by atoms with Crippen molar-refractivity contribution in [2.75, 3.05) is 25.2 Å². The number of carbonyl (C=O) groups excluding carboxylic acids is 1. The van der Waals surface area contributed by atoms with Crippen LogP contribution in [0, 0.1) is 10.1 Å². The minimum absolute atomic E-state index is 0.0169. The van der Waals surface area contributed by atoms with Crippen molar-refractivity contribution in [1.29, 1.82) is 0 Å². The number of nitrogens with two attached hydrogens (primary N) is 1. The van der Waals surface area contributed by atoms with Gasteiger partial charge in [-0.3, -0.25) is 4.79 Å². The van der Waals surface area contributed by atoms with Gasteiger partial charge in [0.15, 0.2) is 0 Å². The molecule has 0 aromatic heterocycles. The second-order valence-corrected chi connectivity index (χ2v) is 4.31. The molecule has 0 amide bonds. The van der Waals surface area contributed by atoms with Crippen LogP contribution in [0.1, 0.15) is 19.3 Å². The molecule has 1 unspecified atom stereocenters. The first-order valence-corrected chi connectivity index (χ1v) is 6.65. The predicted molar refractivity (Wildman–Crippen MR) is 64.1 cm³/mol. The largest absolute Gasteiger partial charge is 0.465 e. The molecule has 0 bridgehead atoms. The molecule has 0 aromatic rings. The lowest BCUT2D eigenvalue weighted by atomic mass is 10.2. The quantitative estimate of drug-likeness (QED) is 0.267. The number of unbranched alkanes of at least 4 members (excludes halogenated alkanes) is 1. The Kier molecular flexibility index (Phi) is 9.55. The van der Waals surface area contributed by atoms with E-state index in [1.165, 1.54) is 0 Å². The fourth-order valence-corrected chi connectivity index (χ4v) is 1.48. The highest BCUT2D eigenvalue weighted by Gasteiger charge is 2.13. The molecule has 0 fully saturated rings. The summed E-state index contributed by atoms with van der Waals surface area (Å²) < 4.78 is 4.91. The first kappa shape index (κ1) is 16.0. The van der Waals surface area contributed by atoms with E-state index >= 15 is 0 Å². The summed E-state index contributed by atoms with van der Waals surface area (Å²) in [6.45, 7) is 0.232. The lowest BCUT2D eigenvalue weighted by Crippen LogP contribution is -2.33. The number of hydrogen-bond donors (Lipinski definition) is 1. The number of thioether (sulfide) groups is 1. The van der Waals surface area contributed by atoms with Crippen molar-refractivity contribution >= 4 is 17.7 Å². The van der Waals surface area contributed by atoms with Crippen molar-refractivity contribution in [2.45, 2.75) is 25.3 Å². The molecule has 0 saturated carbocycles. The Bertz CT molecular complexity index is 239. The minimum Gasteiger partial charge on any atom is -0.465 e. The van der Waals surface area contributed by atoms with Crippen LogP contribution in [0.5, 0.6) is 0 Å². The molecule has 0 aliphatic carbocycles. The van der Waals surface area contributed by atoms with Gasteiger partial charge in [-0.15, -0.1) is 10.1 Å². The standard InChI is InChI=1S/C9H18N2O5S/c1-17-7-4-8(10)9(12)15-5-2-3-6-16-11(13)14/h8H,2-7,10H2,1H3. The molecule has 0 radical (unpaired) electrons. The van der Waals surface area contributed by atoms with Gasteiger partial charge in [0.1, 0.15) is 6.04 Å². The molecule has 0 heterocycles. The Balaban J connectivity index is 3.41. The van der Waals surface area contributed by atoms with Gasteiger partial charge in [0, 0.05) is 0 Å². The number of hydrogen-bond acceptors (Lipinski definition) is 7. The van der Waals surface area contributed by atoms with Gasteiger partial charge in [-0.05, 0) is 31.3 Å². The summed E-state index contributed by atoms with van der Waals surface area (Å²) in [5.41, 5.74) is 5.58. The average molecular weight is 266 g/mol. The molecule has 100 valence electrons. The van der Waals surface area contributed by atoms with Gasteiger partial charge in [0.2, 0.25) is 0 Å². The Morgan fingerprint density at radius 2 is 2.12 bits per heavy atom.